The number of hydrogen-bond donors (Lipinski definition) is 0. The van der Waals surface area contributed by atoms with Gasteiger partial charge < -0.3 is 24.8 Å². The van der Waals surface area contributed by atoms with Gasteiger partial charge in [-0.3, -0.25) is 0 Å². The van der Waals surface area contributed by atoms with E-state index in [1.54, 1.807) is 33.6 Å². The Balaban J connectivity index is 0. The van der Waals surface area contributed by atoms with E-state index in [2.05, 4.69) is 19.1 Å². The van der Waals surface area contributed by atoms with Crippen LogP contribution in [0.25, 0.3) is 0 Å². The molecule has 14 heavy (non-hydrogen) atoms. The van der Waals surface area contributed by atoms with Gasteiger partial charge in [-0.2, -0.15) is 0 Å². The fourth-order valence-electron chi connectivity index (χ4n) is 1.53. The van der Waals surface area contributed by atoms with Gasteiger partial charge in [0.1, 0.15) is 0 Å². The van der Waals surface area contributed by atoms with E-state index in [1.165, 1.54) is 38.5 Å². The van der Waals surface area contributed by atoms with Crippen molar-refractivity contribution < 1.29 is 49.5 Å². The van der Waals surface area contributed by atoms with Crippen molar-refractivity contribution in [1.82, 2.24) is 0 Å². The molecule has 0 amide bonds. The van der Waals surface area contributed by atoms with Gasteiger partial charge in [-0.1, -0.05) is 0 Å². The second-order valence-electron chi connectivity index (χ2n) is 3.42. The molecule has 0 nitrogen and oxygen atoms in total. The van der Waals surface area contributed by atoms with Gasteiger partial charge in [0.15, 0.2) is 0 Å². The summed E-state index contributed by atoms with van der Waals surface area (Å²) in [4.78, 5) is 0. The first-order valence-electron chi connectivity index (χ1n) is 4.94. The van der Waals surface area contributed by atoms with Gasteiger partial charge >= 0.3 is 91.2 Å². The van der Waals surface area contributed by atoms with Crippen molar-refractivity contribution in [1.29, 1.82) is 0 Å². The fourth-order valence-corrected chi connectivity index (χ4v) is 2.33. The molecule has 0 spiro atoms. The molecule has 0 saturated carbocycles. The Morgan fingerprint density at radius 1 is 1.21 bits per heavy atom. The molecule has 0 aromatic heterocycles. The van der Waals surface area contributed by atoms with Gasteiger partial charge in [-0.25, -0.2) is 0 Å². The summed E-state index contributed by atoms with van der Waals surface area (Å²) in [5.74, 6) is 0. The Morgan fingerprint density at radius 3 is 2.43 bits per heavy atom. The Hall–Kier alpha value is 0.943. The fraction of sp³-hybridized carbons (Fsp3) is 0.636. The standard InChI is InChI=1S/C11H17.2ClH.Zr/c1-2-3-4-5-8-11-9-6-7-10-11;;;/h6,9H,2-5,7-8H2,1H3;2*1H;/q;;;+2/p-2. The van der Waals surface area contributed by atoms with Crippen LogP contribution in [0.2, 0.25) is 0 Å². The monoisotopic (exact) mass is 309 g/mol. The molecule has 1 aliphatic carbocycles. The predicted octanol–water partition coefficient (Wildman–Crippen LogP) is -2.27. The van der Waals surface area contributed by atoms with Crippen LogP contribution in [0.1, 0.15) is 45.4 Å². The Bertz CT molecular complexity index is 197. The summed E-state index contributed by atoms with van der Waals surface area (Å²) < 4.78 is 1.68. The van der Waals surface area contributed by atoms with E-state index in [9.17, 15) is 0 Å². The van der Waals surface area contributed by atoms with Gasteiger partial charge in [0.25, 0.3) is 0 Å². The van der Waals surface area contributed by atoms with E-state index < -0.39 is 0 Å². The second-order valence-corrected chi connectivity index (χ2v) is 4.90. The molecule has 0 atom stereocenters. The molecule has 0 fully saturated rings. The molecule has 3 heteroatoms. The minimum Gasteiger partial charge on any atom is -1.00 e. The number of unbranched alkanes of at least 4 members (excludes halogenated alkanes) is 3. The minimum atomic E-state index is 0. The summed E-state index contributed by atoms with van der Waals surface area (Å²) in [6.07, 6.45) is 12.8. The van der Waals surface area contributed by atoms with Crippen molar-refractivity contribution in [2.45, 2.75) is 45.4 Å². The molecule has 0 aromatic carbocycles. The van der Waals surface area contributed by atoms with Crippen LogP contribution in [0.5, 0.6) is 0 Å². The number of halogens is 2. The van der Waals surface area contributed by atoms with Crippen LogP contribution < -0.4 is 24.8 Å². The minimum absolute atomic E-state index is 0. The first kappa shape index (κ1) is 17.3. The van der Waals surface area contributed by atoms with Gasteiger partial charge in [0.2, 0.25) is 0 Å². The summed E-state index contributed by atoms with van der Waals surface area (Å²) in [5, 5.41) is 0. The third-order valence-electron chi connectivity index (χ3n) is 2.33. The molecule has 0 heterocycles. The van der Waals surface area contributed by atoms with Gasteiger partial charge in [-0.05, 0) is 0 Å². The number of allylic oxidation sites excluding steroid dienone is 4. The molecule has 1 rings (SSSR count). The quantitative estimate of drug-likeness (QED) is 0.502. The van der Waals surface area contributed by atoms with Crippen LogP contribution in [0, 0.1) is 0 Å². The zero-order chi connectivity index (χ0) is 8.81. The molecule has 0 radical (unpaired) electrons. The summed E-state index contributed by atoms with van der Waals surface area (Å²) in [7, 11) is 0. The van der Waals surface area contributed by atoms with Crippen molar-refractivity contribution in [2.24, 2.45) is 0 Å². The van der Waals surface area contributed by atoms with Crippen LogP contribution in [0.15, 0.2) is 21.0 Å². The van der Waals surface area contributed by atoms with Crippen molar-refractivity contribution >= 4 is 0 Å². The van der Waals surface area contributed by atoms with E-state index >= 15 is 0 Å². The Morgan fingerprint density at radius 2 is 1.93 bits per heavy atom. The molecule has 0 aliphatic heterocycles. The number of rotatable bonds is 5. The maximum atomic E-state index is 2.33. The average molecular weight is 311 g/mol. The van der Waals surface area contributed by atoms with Crippen LogP contribution in [-0.4, -0.2) is 0 Å². The van der Waals surface area contributed by atoms with E-state index in [1.807, 2.05) is 0 Å². The van der Waals surface area contributed by atoms with Gasteiger partial charge in [0.05, 0.1) is 0 Å². The topological polar surface area (TPSA) is 0 Å². The zero-order valence-corrected chi connectivity index (χ0v) is 12.6. The summed E-state index contributed by atoms with van der Waals surface area (Å²) in [6.45, 7) is 2.27. The molecule has 0 bridgehead atoms. The van der Waals surface area contributed by atoms with Crippen LogP contribution in [0.4, 0.5) is 0 Å². The Kier molecular flexibility index (Phi) is 13.0. The normalized spacial score (nSPS) is 13.9. The first-order valence-corrected chi connectivity index (χ1v) is 6.17. The molecular weight excluding hydrogens is 294 g/mol. The molecule has 0 N–H and O–H groups in total. The maximum absolute atomic E-state index is 2.33. The molecular formula is C11H17Cl2Zr. The van der Waals surface area contributed by atoms with Gasteiger partial charge in [0, 0.05) is 0 Å². The average Bonchev–Trinajstić information content (AvgIpc) is 2.46. The molecule has 0 unspecified atom stereocenters. The van der Waals surface area contributed by atoms with Crippen molar-refractivity contribution in [3.8, 4) is 0 Å². The first-order chi connectivity index (χ1) is 5.84. The van der Waals surface area contributed by atoms with Crippen LogP contribution >= 0.6 is 0 Å². The van der Waals surface area contributed by atoms with E-state index in [0.29, 0.717) is 0 Å². The Labute approximate surface area is 115 Å². The third kappa shape index (κ3) is 6.43. The molecule has 79 valence electrons. The maximum Gasteiger partial charge on any atom is -1.00 e. The van der Waals surface area contributed by atoms with Gasteiger partial charge in [-0.15, -0.1) is 0 Å². The van der Waals surface area contributed by atoms with E-state index in [4.69, 9.17) is 0 Å². The number of hydrogen-bond acceptors (Lipinski definition) is 0. The summed E-state index contributed by atoms with van der Waals surface area (Å²) in [6, 6.07) is 0. The van der Waals surface area contributed by atoms with Crippen LogP contribution in [0.3, 0.4) is 0 Å². The summed E-state index contributed by atoms with van der Waals surface area (Å²) >= 11 is 1.62. The SMILES string of the molecule is CCCCCCC1=[C]([Zr+2])CC=C1.[Cl-].[Cl-]. The molecule has 0 aromatic rings. The van der Waals surface area contributed by atoms with Crippen molar-refractivity contribution in [3.05, 3.63) is 21.0 Å². The smallest absolute Gasteiger partial charge is 1.00 e. The summed E-state index contributed by atoms with van der Waals surface area (Å²) in [5.41, 5.74) is 1.64. The predicted molar refractivity (Wildman–Crippen MR) is 49.5 cm³/mol. The largest absolute Gasteiger partial charge is 1.00 e. The van der Waals surface area contributed by atoms with E-state index in [-0.39, 0.29) is 24.8 Å². The zero-order valence-electron chi connectivity index (χ0n) is 8.65. The van der Waals surface area contributed by atoms with Crippen molar-refractivity contribution in [3.63, 3.8) is 0 Å². The van der Waals surface area contributed by atoms with Crippen LogP contribution in [-0.2, 0) is 24.7 Å². The molecule has 0 saturated heterocycles. The second kappa shape index (κ2) is 10.5. The third-order valence-corrected chi connectivity index (χ3v) is 3.62. The molecule has 1 aliphatic rings. The van der Waals surface area contributed by atoms with E-state index in [0.717, 1.165) is 0 Å². The van der Waals surface area contributed by atoms with Crippen molar-refractivity contribution in [2.75, 3.05) is 0 Å².